The monoisotopic (exact) mass is 496 g/mol. The van der Waals surface area contributed by atoms with Crippen molar-refractivity contribution in [2.24, 2.45) is 0 Å². The Kier molecular flexibility index (Phi) is 8.35. The van der Waals surface area contributed by atoms with E-state index in [9.17, 15) is 26.3 Å². The van der Waals surface area contributed by atoms with E-state index in [0.717, 1.165) is 61.2 Å². The number of ether oxygens (including phenoxy) is 2. The fourth-order valence-electron chi connectivity index (χ4n) is 3.56. The molecule has 0 aliphatic heterocycles. The van der Waals surface area contributed by atoms with Gasteiger partial charge in [-0.05, 0) is 78.9 Å². The average molecular weight is 496 g/mol. The first-order chi connectivity index (χ1) is 16.6. The maximum Gasteiger partial charge on any atom is 0.432 e. The van der Waals surface area contributed by atoms with Gasteiger partial charge in [-0.3, -0.25) is 0 Å². The van der Waals surface area contributed by atoms with Gasteiger partial charge in [-0.1, -0.05) is 38.8 Å². The van der Waals surface area contributed by atoms with E-state index in [2.05, 4.69) is 4.74 Å². The van der Waals surface area contributed by atoms with Crippen LogP contribution in [0.3, 0.4) is 0 Å². The lowest BCUT2D eigenvalue weighted by atomic mass is 10.0. The van der Waals surface area contributed by atoms with Crippen LogP contribution < -0.4 is 9.47 Å². The molecule has 0 fully saturated rings. The number of hydrogen-bond donors (Lipinski definition) is 0. The van der Waals surface area contributed by atoms with Crippen LogP contribution in [0.5, 0.6) is 11.5 Å². The summed E-state index contributed by atoms with van der Waals surface area (Å²) in [6.07, 6.45) is -4.63. The van der Waals surface area contributed by atoms with E-state index >= 15 is 0 Å². The largest absolute Gasteiger partial charge is 0.432 e. The minimum atomic E-state index is -4.36. The summed E-state index contributed by atoms with van der Waals surface area (Å²) in [5, 5.41) is 0. The van der Waals surface area contributed by atoms with E-state index in [1.165, 1.54) is 12.1 Å². The molecule has 0 aromatic heterocycles. The lowest BCUT2D eigenvalue weighted by Gasteiger charge is -2.21. The zero-order valence-corrected chi connectivity index (χ0v) is 19.4. The first kappa shape index (κ1) is 26.4. The maximum absolute atomic E-state index is 14.6. The highest BCUT2D eigenvalue weighted by atomic mass is 19.3. The van der Waals surface area contributed by atoms with E-state index in [-0.39, 0.29) is 11.3 Å². The summed E-state index contributed by atoms with van der Waals surface area (Å²) in [7, 11) is 0. The quantitative estimate of drug-likeness (QED) is 0.248. The molecule has 0 atom stereocenters. The van der Waals surface area contributed by atoms with E-state index in [1.807, 2.05) is 13.8 Å². The van der Waals surface area contributed by atoms with E-state index in [4.69, 9.17) is 4.74 Å². The summed E-state index contributed by atoms with van der Waals surface area (Å²) in [5.41, 5.74) is -0.910. The third-order valence-electron chi connectivity index (χ3n) is 5.36. The highest BCUT2D eigenvalue weighted by molar-refractivity contribution is 5.34. The summed E-state index contributed by atoms with van der Waals surface area (Å²) in [5.74, 6) is -3.49. The molecule has 35 heavy (non-hydrogen) atoms. The van der Waals surface area contributed by atoms with Crippen LogP contribution in [0.1, 0.15) is 55.4 Å². The molecule has 0 radical (unpaired) electrons. The first-order valence-electron chi connectivity index (χ1n) is 11.4. The molecule has 0 saturated carbocycles. The topological polar surface area (TPSA) is 18.5 Å². The van der Waals surface area contributed by atoms with Crippen molar-refractivity contribution in [1.82, 2.24) is 0 Å². The van der Waals surface area contributed by atoms with Crippen molar-refractivity contribution < 1.29 is 35.8 Å². The molecule has 3 aromatic rings. The normalized spacial score (nSPS) is 12.0. The molecule has 0 aliphatic carbocycles. The maximum atomic E-state index is 14.6. The number of benzene rings is 3. The van der Waals surface area contributed by atoms with E-state index < -0.39 is 40.7 Å². The molecule has 3 rings (SSSR count). The number of hydrogen-bond acceptors (Lipinski definition) is 2. The first-order valence-corrected chi connectivity index (χ1v) is 11.4. The van der Waals surface area contributed by atoms with E-state index in [1.54, 1.807) is 12.1 Å². The van der Waals surface area contributed by atoms with Gasteiger partial charge in [0, 0.05) is 0 Å². The lowest BCUT2D eigenvalue weighted by molar-refractivity contribution is -0.190. The second kappa shape index (κ2) is 11.1. The van der Waals surface area contributed by atoms with Gasteiger partial charge in [-0.25, -0.2) is 8.78 Å². The number of halogens is 6. The van der Waals surface area contributed by atoms with Crippen molar-refractivity contribution in [2.75, 3.05) is 0 Å². The van der Waals surface area contributed by atoms with Crippen molar-refractivity contribution in [3.05, 3.63) is 94.6 Å². The van der Waals surface area contributed by atoms with Crippen LogP contribution in [0.15, 0.2) is 60.7 Å². The summed E-state index contributed by atoms with van der Waals surface area (Å²) in [4.78, 5) is 0. The van der Waals surface area contributed by atoms with Crippen molar-refractivity contribution in [1.29, 1.82) is 0 Å². The van der Waals surface area contributed by atoms with Crippen LogP contribution in [0, 0.1) is 11.6 Å². The Bertz CT molecular complexity index is 1090. The van der Waals surface area contributed by atoms with Crippen LogP contribution in [0.4, 0.5) is 26.3 Å². The van der Waals surface area contributed by atoms with Crippen LogP contribution in [0.25, 0.3) is 0 Å². The molecule has 0 amide bonds. The minimum Gasteiger partial charge on any atom is -0.429 e. The van der Waals surface area contributed by atoms with Gasteiger partial charge in [0.1, 0.15) is 28.7 Å². The molecule has 0 aliphatic rings. The molecule has 2 nitrogen and oxygen atoms in total. The Morgan fingerprint density at radius 1 is 0.629 bits per heavy atom. The smallest absolute Gasteiger partial charge is 0.429 e. The summed E-state index contributed by atoms with van der Waals surface area (Å²) in [6.45, 7) is 3.89. The summed E-state index contributed by atoms with van der Waals surface area (Å²) < 4.78 is 96.2. The Balaban J connectivity index is 1.73. The van der Waals surface area contributed by atoms with Crippen molar-refractivity contribution in [2.45, 2.75) is 58.2 Å². The average Bonchev–Trinajstić information content (AvgIpc) is 2.78. The van der Waals surface area contributed by atoms with Crippen LogP contribution in [-0.2, 0) is 25.1 Å². The Hall–Kier alpha value is -3.16. The van der Waals surface area contributed by atoms with Crippen LogP contribution in [0.2, 0.25) is 0 Å². The highest BCUT2D eigenvalue weighted by Gasteiger charge is 2.41. The molecule has 0 bridgehead atoms. The van der Waals surface area contributed by atoms with Crippen LogP contribution >= 0.6 is 0 Å². The standard InChI is InChI=1S/C27H26F6O2/c1-3-5-7-19-16-23(28)25(24(29)17-19)27(32,33)35-22-14-10-20(11-15-22)26(30,31)34-21-12-8-18(6-4-2)9-13-21/h8-17H,3-7H2,1-2H3. The Morgan fingerprint density at radius 2 is 1.14 bits per heavy atom. The summed E-state index contributed by atoms with van der Waals surface area (Å²) >= 11 is 0. The second-order valence-electron chi connectivity index (χ2n) is 8.19. The van der Waals surface area contributed by atoms with Gasteiger partial charge in [0.15, 0.2) is 0 Å². The highest BCUT2D eigenvalue weighted by Crippen LogP contribution is 2.37. The zero-order chi connectivity index (χ0) is 25.6. The number of aryl methyl sites for hydroxylation is 2. The molecule has 0 unspecified atom stereocenters. The van der Waals surface area contributed by atoms with Gasteiger partial charge in [0.05, 0.1) is 5.56 Å². The second-order valence-corrected chi connectivity index (χ2v) is 8.19. The molecule has 0 heterocycles. The number of alkyl halides is 4. The van der Waals surface area contributed by atoms with E-state index in [0.29, 0.717) is 12.8 Å². The van der Waals surface area contributed by atoms with Crippen molar-refractivity contribution >= 4 is 0 Å². The molecule has 0 N–H and O–H groups in total. The molecule has 0 spiro atoms. The number of rotatable bonds is 11. The Labute approximate surface area is 200 Å². The van der Waals surface area contributed by atoms with Crippen LogP contribution in [-0.4, -0.2) is 0 Å². The Morgan fingerprint density at radius 3 is 1.66 bits per heavy atom. The third-order valence-corrected chi connectivity index (χ3v) is 5.36. The molecule has 188 valence electrons. The van der Waals surface area contributed by atoms with Gasteiger partial charge in [0.2, 0.25) is 0 Å². The minimum absolute atomic E-state index is 0.0601. The molecular formula is C27H26F6O2. The van der Waals surface area contributed by atoms with Crippen molar-refractivity contribution in [3.63, 3.8) is 0 Å². The molecular weight excluding hydrogens is 470 g/mol. The lowest BCUT2D eigenvalue weighted by Crippen LogP contribution is -2.25. The third kappa shape index (κ3) is 6.71. The summed E-state index contributed by atoms with van der Waals surface area (Å²) in [6, 6.07) is 11.3. The van der Waals surface area contributed by atoms with Gasteiger partial charge in [-0.15, -0.1) is 0 Å². The zero-order valence-electron chi connectivity index (χ0n) is 19.4. The van der Waals surface area contributed by atoms with Gasteiger partial charge in [-0.2, -0.15) is 17.6 Å². The SMILES string of the molecule is CCCCc1cc(F)c(C(F)(F)Oc2ccc(C(F)(F)Oc3ccc(CCC)cc3)cc2)c(F)c1. The van der Waals surface area contributed by atoms with Gasteiger partial charge < -0.3 is 9.47 Å². The molecule has 0 saturated heterocycles. The predicted molar refractivity (Wildman–Crippen MR) is 121 cm³/mol. The molecule has 3 aromatic carbocycles. The fourth-order valence-corrected chi connectivity index (χ4v) is 3.56. The molecule has 8 heteroatoms. The fraction of sp³-hybridized carbons (Fsp3) is 0.333. The number of unbranched alkanes of at least 4 members (excludes halogenated alkanes) is 1. The van der Waals surface area contributed by atoms with Gasteiger partial charge >= 0.3 is 12.2 Å². The van der Waals surface area contributed by atoms with Crippen molar-refractivity contribution in [3.8, 4) is 11.5 Å². The predicted octanol–water partition coefficient (Wildman–Crippen LogP) is 8.52. The van der Waals surface area contributed by atoms with Gasteiger partial charge in [0.25, 0.3) is 0 Å².